The second-order valence-corrected chi connectivity index (χ2v) is 5.11. The molecule has 1 aliphatic heterocycles. The average Bonchev–Trinajstić information content (AvgIpc) is 3.04. The molecule has 3 rings (SSSR count). The first-order valence-electron chi connectivity index (χ1n) is 7.50. The third-order valence-electron chi connectivity index (χ3n) is 3.72. The Morgan fingerprint density at radius 2 is 2.23 bits per heavy atom. The first-order chi connectivity index (χ1) is 10.7. The molecule has 1 N–H and O–H groups in total. The van der Waals surface area contributed by atoms with Gasteiger partial charge in [0, 0.05) is 13.0 Å². The highest BCUT2D eigenvalue weighted by Gasteiger charge is 2.28. The number of anilines is 1. The SMILES string of the molecule is CCc1nc(C2CN(c3ncnc(CC)c3F)CCO2)n[nH]1. The Morgan fingerprint density at radius 3 is 2.95 bits per heavy atom. The Balaban J connectivity index is 1.81. The number of morpholine rings is 1. The number of hydrogen-bond acceptors (Lipinski definition) is 6. The predicted octanol–water partition coefficient (Wildman–Crippen LogP) is 1.44. The number of H-pyrrole nitrogens is 1. The van der Waals surface area contributed by atoms with Gasteiger partial charge in [-0.3, -0.25) is 5.10 Å². The standard InChI is InChI=1S/C14H19FN6O/c1-3-9-12(15)14(17-8-16-9)21-5-6-22-10(7-21)13-18-11(4-2)19-20-13/h8,10H,3-7H2,1-2H3,(H,18,19,20). The van der Waals surface area contributed by atoms with E-state index < -0.39 is 0 Å². The molecule has 0 amide bonds. The largest absolute Gasteiger partial charge is 0.366 e. The Morgan fingerprint density at radius 1 is 1.36 bits per heavy atom. The van der Waals surface area contributed by atoms with E-state index in [1.165, 1.54) is 6.33 Å². The molecule has 22 heavy (non-hydrogen) atoms. The lowest BCUT2D eigenvalue weighted by Gasteiger charge is -2.32. The normalized spacial score (nSPS) is 18.7. The van der Waals surface area contributed by atoms with Crippen LogP contribution < -0.4 is 4.90 Å². The van der Waals surface area contributed by atoms with Gasteiger partial charge in [-0.25, -0.2) is 19.3 Å². The fourth-order valence-electron chi connectivity index (χ4n) is 2.47. The number of rotatable bonds is 4. The summed E-state index contributed by atoms with van der Waals surface area (Å²) < 4.78 is 20.1. The summed E-state index contributed by atoms with van der Waals surface area (Å²) in [5.74, 6) is 1.39. The fourth-order valence-corrected chi connectivity index (χ4v) is 2.47. The smallest absolute Gasteiger partial charge is 0.187 e. The highest BCUT2D eigenvalue weighted by atomic mass is 19.1. The second kappa shape index (κ2) is 6.35. The monoisotopic (exact) mass is 306 g/mol. The molecule has 2 aromatic rings. The van der Waals surface area contributed by atoms with Crippen molar-refractivity contribution in [2.24, 2.45) is 0 Å². The first-order valence-corrected chi connectivity index (χ1v) is 7.50. The van der Waals surface area contributed by atoms with E-state index in [-0.39, 0.29) is 11.9 Å². The highest BCUT2D eigenvalue weighted by molar-refractivity contribution is 5.41. The van der Waals surface area contributed by atoms with E-state index in [0.29, 0.717) is 43.5 Å². The van der Waals surface area contributed by atoms with Crippen molar-refractivity contribution in [3.05, 3.63) is 29.5 Å². The lowest BCUT2D eigenvalue weighted by Crippen LogP contribution is -2.40. The average molecular weight is 306 g/mol. The predicted molar refractivity (Wildman–Crippen MR) is 78.0 cm³/mol. The zero-order valence-electron chi connectivity index (χ0n) is 12.7. The molecule has 3 heterocycles. The van der Waals surface area contributed by atoms with E-state index in [1.807, 2.05) is 18.7 Å². The first kappa shape index (κ1) is 14.8. The van der Waals surface area contributed by atoms with Gasteiger partial charge in [0.05, 0.1) is 18.8 Å². The van der Waals surface area contributed by atoms with Crippen LogP contribution >= 0.6 is 0 Å². The van der Waals surface area contributed by atoms with Gasteiger partial charge in [-0.15, -0.1) is 0 Å². The molecule has 0 aliphatic carbocycles. The molecule has 8 heteroatoms. The molecule has 1 fully saturated rings. The highest BCUT2D eigenvalue weighted by Crippen LogP contribution is 2.25. The molecule has 118 valence electrons. The van der Waals surface area contributed by atoms with Crippen LogP contribution in [0.2, 0.25) is 0 Å². The van der Waals surface area contributed by atoms with E-state index in [0.717, 1.165) is 12.2 Å². The van der Waals surface area contributed by atoms with Crippen molar-refractivity contribution in [2.45, 2.75) is 32.8 Å². The fraction of sp³-hybridized carbons (Fsp3) is 0.571. The maximum absolute atomic E-state index is 14.4. The van der Waals surface area contributed by atoms with Crippen LogP contribution in [0.4, 0.5) is 10.2 Å². The second-order valence-electron chi connectivity index (χ2n) is 5.11. The minimum absolute atomic E-state index is 0.287. The minimum Gasteiger partial charge on any atom is -0.366 e. The third-order valence-corrected chi connectivity index (χ3v) is 3.72. The van der Waals surface area contributed by atoms with Gasteiger partial charge < -0.3 is 9.64 Å². The number of ether oxygens (including phenoxy) is 1. The quantitative estimate of drug-likeness (QED) is 0.920. The van der Waals surface area contributed by atoms with Crippen molar-refractivity contribution < 1.29 is 9.13 Å². The number of aromatic amines is 1. The molecule has 1 atom stereocenters. The Hall–Kier alpha value is -2.09. The molecule has 1 saturated heterocycles. The third kappa shape index (κ3) is 2.78. The lowest BCUT2D eigenvalue weighted by molar-refractivity contribution is 0.0337. The topological polar surface area (TPSA) is 79.8 Å². The molecule has 2 aromatic heterocycles. The molecule has 1 unspecified atom stereocenters. The van der Waals surface area contributed by atoms with Gasteiger partial charge in [0.25, 0.3) is 0 Å². The molecular weight excluding hydrogens is 287 g/mol. The molecule has 0 aromatic carbocycles. The van der Waals surface area contributed by atoms with Gasteiger partial charge in [0.1, 0.15) is 18.3 Å². The summed E-state index contributed by atoms with van der Waals surface area (Å²) in [4.78, 5) is 14.3. The van der Waals surface area contributed by atoms with E-state index in [4.69, 9.17) is 4.74 Å². The summed E-state index contributed by atoms with van der Waals surface area (Å²) in [5.41, 5.74) is 0.430. The maximum Gasteiger partial charge on any atom is 0.187 e. The number of nitrogens with zero attached hydrogens (tertiary/aromatic N) is 5. The van der Waals surface area contributed by atoms with E-state index in [2.05, 4.69) is 25.1 Å². The Labute approximate surface area is 127 Å². The summed E-state index contributed by atoms with van der Waals surface area (Å²) in [6.45, 7) is 5.40. The van der Waals surface area contributed by atoms with E-state index in [9.17, 15) is 4.39 Å². The molecule has 7 nitrogen and oxygen atoms in total. The van der Waals surface area contributed by atoms with Gasteiger partial charge in [0.2, 0.25) is 0 Å². The zero-order valence-corrected chi connectivity index (χ0v) is 12.7. The van der Waals surface area contributed by atoms with Crippen LogP contribution in [0.15, 0.2) is 6.33 Å². The number of aryl methyl sites for hydroxylation is 2. The van der Waals surface area contributed by atoms with Gasteiger partial charge in [-0.1, -0.05) is 13.8 Å². The minimum atomic E-state index is -0.352. The van der Waals surface area contributed by atoms with Gasteiger partial charge >= 0.3 is 0 Å². The Bertz CT molecular complexity index is 646. The van der Waals surface area contributed by atoms with Crippen LogP contribution in [0.3, 0.4) is 0 Å². The lowest BCUT2D eigenvalue weighted by atomic mass is 10.2. The van der Waals surface area contributed by atoms with Crippen molar-refractivity contribution >= 4 is 5.82 Å². The van der Waals surface area contributed by atoms with Crippen molar-refractivity contribution in [1.82, 2.24) is 25.1 Å². The van der Waals surface area contributed by atoms with Crippen molar-refractivity contribution in [3.63, 3.8) is 0 Å². The van der Waals surface area contributed by atoms with Crippen molar-refractivity contribution in [3.8, 4) is 0 Å². The summed E-state index contributed by atoms with van der Waals surface area (Å²) in [6, 6.07) is 0. The molecule has 0 saturated carbocycles. The van der Waals surface area contributed by atoms with Gasteiger partial charge in [0.15, 0.2) is 17.5 Å². The molecular formula is C14H19FN6O. The number of nitrogens with one attached hydrogen (secondary N) is 1. The zero-order chi connectivity index (χ0) is 15.5. The molecule has 1 aliphatic rings. The summed E-state index contributed by atoms with van der Waals surface area (Å²) in [6.07, 6.45) is 2.44. The van der Waals surface area contributed by atoms with Gasteiger partial charge in [-0.05, 0) is 6.42 Å². The van der Waals surface area contributed by atoms with Crippen LogP contribution in [0.25, 0.3) is 0 Å². The Kier molecular flexibility index (Phi) is 4.28. The molecule has 0 radical (unpaired) electrons. The van der Waals surface area contributed by atoms with E-state index in [1.54, 1.807) is 0 Å². The summed E-state index contributed by atoms with van der Waals surface area (Å²) >= 11 is 0. The van der Waals surface area contributed by atoms with E-state index >= 15 is 0 Å². The summed E-state index contributed by atoms with van der Waals surface area (Å²) in [7, 11) is 0. The van der Waals surface area contributed by atoms with Crippen LogP contribution in [0.1, 0.15) is 37.3 Å². The van der Waals surface area contributed by atoms with Gasteiger partial charge in [-0.2, -0.15) is 5.10 Å². The van der Waals surface area contributed by atoms with Crippen LogP contribution in [-0.4, -0.2) is 44.8 Å². The molecule has 0 bridgehead atoms. The van der Waals surface area contributed by atoms with Crippen LogP contribution in [0, 0.1) is 5.82 Å². The number of aromatic nitrogens is 5. The van der Waals surface area contributed by atoms with Crippen molar-refractivity contribution in [2.75, 3.05) is 24.6 Å². The number of hydrogen-bond donors (Lipinski definition) is 1. The number of halogens is 1. The summed E-state index contributed by atoms with van der Waals surface area (Å²) in [5, 5.41) is 7.06. The van der Waals surface area contributed by atoms with Crippen molar-refractivity contribution in [1.29, 1.82) is 0 Å². The maximum atomic E-state index is 14.4. The van der Waals surface area contributed by atoms with Crippen LogP contribution in [-0.2, 0) is 17.6 Å². The van der Waals surface area contributed by atoms with Crippen LogP contribution in [0.5, 0.6) is 0 Å². The molecule has 0 spiro atoms.